The SMILES string of the molecule is CCn1nc(C)c(CCN(C)c2ccc(NC(=O)c3ccc(Cl)cc3)cc2C(=O)O)c1C.O=C(O)C(F)(F)F. The third-order valence-corrected chi connectivity index (χ3v) is 6.03. The fourth-order valence-corrected chi connectivity index (χ4v) is 3.85. The molecule has 0 saturated heterocycles. The first-order chi connectivity index (χ1) is 18.1. The van der Waals surface area contributed by atoms with Crippen molar-refractivity contribution in [3.63, 3.8) is 0 Å². The lowest BCUT2D eigenvalue weighted by atomic mass is 10.1. The Morgan fingerprint density at radius 2 is 1.67 bits per heavy atom. The first-order valence-electron chi connectivity index (χ1n) is 11.6. The van der Waals surface area contributed by atoms with Crippen LogP contribution in [-0.2, 0) is 17.8 Å². The summed E-state index contributed by atoms with van der Waals surface area (Å²) in [6, 6.07) is 11.4. The third kappa shape index (κ3) is 8.47. The van der Waals surface area contributed by atoms with Crippen molar-refractivity contribution in [1.29, 1.82) is 0 Å². The lowest BCUT2D eigenvalue weighted by Gasteiger charge is -2.22. The summed E-state index contributed by atoms with van der Waals surface area (Å²) in [4.78, 5) is 35.2. The van der Waals surface area contributed by atoms with Crippen molar-refractivity contribution in [3.8, 4) is 0 Å². The maximum absolute atomic E-state index is 12.5. The van der Waals surface area contributed by atoms with Crippen molar-refractivity contribution < 1.29 is 37.8 Å². The lowest BCUT2D eigenvalue weighted by molar-refractivity contribution is -0.192. The van der Waals surface area contributed by atoms with E-state index in [-0.39, 0.29) is 11.5 Å². The third-order valence-electron chi connectivity index (χ3n) is 5.77. The summed E-state index contributed by atoms with van der Waals surface area (Å²) in [7, 11) is 1.86. The number of aromatic nitrogens is 2. The number of nitrogens with one attached hydrogen (secondary N) is 1. The maximum atomic E-state index is 12.5. The minimum atomic E-state index is -5.08. The summed E-state index contributed by atoms with van der Waals surface area (Å²) >= 11 is 5.86. The Morgan fingerprint density at radius 1 is 1.08 bits per heavy atom. The highest BCUT2D eigenvalue weighted by Gasteiger charge is 2.38. The molecule has 0 saturated carbocycles. The van der Waals surface area contributed by atoms with Gasteiger partial charge in [-0.3, -0.25) is 9.48 Å². The van der Waals surface area contributed by atoms with Crippen LogP contribution in [0.25, 0.3) is 0 Å². The molecular weight excluding hydrogens is 541 g/mol. The predicted octanol–water partition coefficient (Wildman–Crippen LogP) is 5.44. The van der Waals surface area contributed by atoms with Crippen molar-refractivity contribution in [2.24, 2.45) is 0 Å². The van der Waals surface area contributed by atoms with Crippen LogP contribution in [0.4, 0.5) is 24.5 Å². The van der Waals surface area contributed by atoms with Gasteiger partial charge in [-0.1, -0.05) is 11.6 Å². The first kappa shape index (κ1) is 31.2. The van der Waals surface area contributed by atoms with Crippen LogP contribution in [0.2, 0.25) is 5.02 Å². The van der Waals surface area contributed by atoms with Gasteiger partial charge in [-0.05, 0) is 75.2 Å². The predicted molar refractivity (Wildman–Crippen MR) is 141 cm³/mol. The first-order valence-corrected chi connectivity index (χ1v) is 12.0. The van der Waals surface area contributed by atoms with Crippen LogP contribution in [0, 0.1) is 13.8 Å². The highest BCUT2D eigenvalue weighted by molar-refractivity contribution is 6.30. The average molecular weight is 569 g/mol. The summed E-state index contributed by atoms with van der Waals surface area (Å²) in [6.07, 6.45) is -4.33. The number of anilines is 2. The standard InChI is InChI=1S/C24H27ClN4O3.C2HF3O2/c1-5-29-16(3)20(15(2)27-29)12-13-28(4)22-11-10-19(14-21(22)24(31)32)26-23(30)17-6-8-18(25)9-7-17;3-2(4,5)1(6)7/h6-11,14H,5,12-13H2,1-4H3,(H,26,30)(H,31,32);(H,6,7). The Bertz CT molecular complexity index is 1340. The normalized spacial score (nSPS) is 10.9. The van der Waals surface area contributed by atoms with E-state index in [2.05, 4.69) is 24.3 Å². The number of benzene rings is 2. The molecule has 0 fully saturated rings. The van der Waals surface area contributed by atoms with Gasteiger partial charge in [0.2, 0.25) is 0 Å². The molecule has 0 bridgehead atoms. The van der Waals surface area contributed by atoms with E-state index in [9.17, 15) is 27.9 Å². The second-order valence-electron chi connectivity index (χ2n) is 8.44. The Labute approximate surface area is 227 Å². The van der Waals surface area contributed by atoms with Crippen LogP contribution in [0.1, 0.15) is 44.6 Å². The molecule has 0 atom stereocenters. The largest absolute Gasteiger partial charge is 0.490 e. The minimum Gasteiger partial charge on any atom is -0.478 e. The van der Waals surface area contributed by atoms with Gasteiger partial charge >= 0.3 is 18.1 Å². The number of carbonyl (C=O) groups is 3. The average Bonchev–Trinajstić information content (AvgIpc) is 3.14. The molecule has 1 amide bonds. The van der Waals surface area contributed by atoms with Gasteiger partial charge in [0.15, 0.2) is 0 Å². The zero-order valence-corrected chi connectivity index (χ0v) is 22.4. The fourth-order valence-electron chi connectivity index (χ4n) is 3.73. The number of hydrogen-bond donors (Lipinski definition) is 3. The molecule has 13 heteroatoms. The van der Waals surface area contributed by atoms with Crippen LogP contribution < -0.4 is 10.2 Å². The summed E-state index contributed by atoms with van der Waals surface area (Å²) in [5.41, 5.74) is 4.87. The number of rotatable bonds is 8. The molecule has 9 nitrogen and oxygen atoms in total. The van der Waals surface area contributed by atoms with E-state index in [1.165, 1.54) is 11.6 Å². The lowest BCUT2D eigenvalue weighted by Crippen LogP contribution is -2.23. The summed E-state index contributed by atoms with van der Waals surface area (Å²) < 4.78 is 33.7. The molecular formula is C26H28ClF3N4O5. The quantitative estimate of drug-likeness (QED) is 0.331. The number of halogens is 4. The number of carboxylic acid groups (broad SMARTS) is 2. The van der Waals surface area contributed by atoms with Gasteiger partial charge in [-0.15, -0.1) is 0 Å². The Morgan fingerprint density at radius 3 is 2.15 bits per heavy atom. The highest BCUT2D eigenvalue weighted by Crippen LogP contribution is 2.25. The van der Waals surface area contributed by atoms with Gasteiger partial charge in [0.25, 0.3) is 5.91 Å². The molecule has 0 aliphatic rings. The Kier molecular flexibility index (Phi) is 10.5. The van der Waals surface area contributed by atoms with Crippen molar-refractivity contribution in [2.45, 2.75) is 39.9 Å². The number of aliphatic carboxylic acids is 1. The zero-order valence-electron chi connectivity index (χ0n) is 21.6. The van der Waals surface area contributed by atoms with Gasteiger partial charge in [0.05, 0.1) is 16.9 Å². The molecule has 2 aromatic carbocycles. The molecule has 1 heterocycles. The number of hydrogen-bond acceptors (Lipinski definition) is 5. The maximum Gasteiger partial charge on any atom is 0.490 e. The van der Waals surface area contributed by atoms with Gasteiger partial charge in [-0.25, -0.2) is 9.59 Å². The van der Waals surface area contributed by atoms with Gasteiger partial charge in [0.1, 0.15) is 0 Å². The van der Waals surface area contributed by atoms with Crippen LogP contribution in [-0.4, -0.2) is 57.6 Å². The van der Waals surface area contributed by atoms with Crippen LogP contribution in [0.5, 0.6) is 0 Å². The second kappa shape index (κ2) is 13.1. The van der Waals surface area contributed by atoms with Crippen molar-refractivity contribution >= 4 is 40.8 Å². The van der Waals surface area contributed by atoms with Crippen LogP contribution in [0.3, 0.4) is 0 Å². The monoisotopic (exact) mass is 568 g/mol. The molecule has 0 aliphatic carbocycles. The second-order valence-corrected chi connectivity index (χ2v) is 8.87. The molecule has 0 unspecified atom stereocenters. The van der Waals surface area contributed by atoms with E-state index in [1.807, 2.05) is 23.6 Å². The summed E-state index contributed by atoms with van der Waals surface area (Å²) in [5, 5.41) is 24.7. The van der Waals surface area contributed by atoms with Crippen molar-refractivity contribution in [1.82, 2.24) is 9.78 Å². The van der Waals surface area contributed by atoms with E-state index < -0.39 is 18.1 Å². The number of aryl methyl sites for hydroxylation is 2. The molecule has 0 radical (unpaired) electrons. The molecule has 0 aliphatic heterocycles. The number of carbonyl (C=O) groups excluding carboxylic acids is 1. The van der Waals surface area contributed by atoms with E-state index in [4.69, 9.17) is 21.5 Å². The van der Waals surface area contributed by atoms with Gasteiger partial charge in [-0.2, -0.15) is 18.3 Å². The number of aromatic carboxylic acids is 1. The molecule has 210 valence electrons. The van der Waals surface area contributed by atoms with Crippen molar-refractivity contribution in [3.05, 3.63) is 75.6 Å². The number of amides is 1. The van der Waals surface area contributed by atoms with Gasteiger partial charge in [0, 0.05) is 42.1 Å². The minimum absolute atomic E-state index is 0.124. The molecule has 3 aromatic rings. The zero-order chi connectivity index (χ0) is 29.5. The molecule has 3 N–H and O–H groups in total. The topological polar surface area (TPSA) is 125 Å². The summed E-state index contributed by atoms with van der Waals surface area (Å²) in [6.45, 7) is 7.56. The van der Waals surface area contributed by atoms with Crippen molar-refractivity contribution in [2.75, 3.05) is 23.8 Å². The van der Waals surface area contributed by atoms with E-state index in [0.717, 1.165) is 24.4 Å². The molecule has 3 rings (SSSR count). The Balaban J connectivity index is 0.000000673. The number of nitrogens with zero attached hydrogens (tertiary/aromatic N) is 3. The van der Waals surface area contributed by atoms with Gasteiger partial charge < -0.3 is 20.4 Å². The number of carboxylic acids is 2. The van der Waals surface area contributed by atoms with E-state index >= 15 is 0 Å². The smallest absolute Gasteiger partial charge is 0.478 e. The number of likely N-dealkylation sites (N-methyl/N-ethyl adjacent to an activating group) is 1. The number of alkyl halides is 3. The molecule has 0 spiro atoms. The van der Waals surface area contributed by atoms with E-state index in [0.29, 0.717) is 28.5 Å². The Hall–Kier alpha value is -4.06. The van der Waals surface area contributed by atoms with E-state index in [1.54, 1.807) is 36.4 Å². The molecule has 39 heavy (non-hydrogen) atoms. The fraction of sp³-hybridized carbons (Fsp3) is 0.308. The van der Waals surface area contributed by atoms with Crippen LogP contribution in [0.15, 0.2) is 42.5 Å². The summed E-state index contributed by atoms with van der Waals surface area (Å²) in [5.74, 6) is -4.15. The highest BCUT2D eigenvalue weighted by atomic mass is 35.5. The molecule has 1 aromatic heterocycles. The van der Waals surface area contributed by atoms with Crippen LogP contribution >= 0.6 is 11.6 Å².